The number of ether oxygens (including phenoxy) is 3. The number of aliphatic imine (C=N–C) groups is 1. The molecule has 0 unspecified atom stereocenters. The third-order valence-electron chi connectivity index (χ3n) is 4.03. The number of hydrogen-bond donors (Lipinski definition) is 2. The Kier molecular flexibility index (Phi) is 7.87. The highest BCUT2D eigenvalue weighted by molar-refractivity contribution is 5.93. The molecule has 0 saturated carbocycles. The van der Waals surface area contributed by atoms with E-state index in [0.29, 0.717) is 30.6 Å². The third kappa shape index (κ3) is 5.85. The first kappa shape index (κ1) is 20.5. The molecular weight excluding hydrogens is 348 g/mol. The minimum absolute atomic E-state index is 0.407. The highest BCUT2D eigenvalue weighted by atomic mass is 16.5. The molecule has 27 heavy (non-hydrogen) atoms. The molecule has 148 valence electrons. The predicted molar refractivity (Wildman–Crippen MR) is 105 cm³/mol. The van der Waals surface area contributed by atoms with Crippen molar-refractivity contribution >= 4 is 11.6 Å². The number of anilines is 1. The van der Waals surface area contributed by atoms with Gasteiger partial charge in [0.25, 0.3) is 0 Å². The number of guanidine groups is 1. The highest BCUT2D eigenvalue weighted by Gasteiger charge is 2.08. The third-order valence-corrected chi connectivity index (χ3v) is 4.03. The predicted octanol–water partition coefficient (Wildman–Crippen LogP) is 1.73. The Balaban J connectivity index is 2.13. The van der Waals surface area contributed by atoms with E-state index in [9.17, 15) is 0 Å². The summed E-state index contributed by atoms with van der Waals surface area (Å²) in [7, 11) is 6.83. The number of nitrogens with zero attached hydrogens (tertiary/aromatic N) is 4. The summed E-state index contributed by atoms with van der Waals surface area (Å²) in [6, 6.07) is 5.60. The number of aromatic nitrogens is 3. The molecule has 0 bridgehead atoms. The van der Waals surface area contributed by atoms with E-state index in [1.807, 2.05) is 36.7 Å². The Hall–Kier alpha value is -2.81. The van der Waals surface area contributed by atoms with Gasteiger partial charge in [-0.3, -0.25) is 0 Å². The van der Waals surface area contributed by atoms with Crippen molar-refractivity contribution in [2.45, 2.75) is 19.9 Å². The number of benzene rings is 1. The Morgan fingerprint density at radius 1 is 1.15 bits per heavy atom. The zero-order chi connectivity index (χ0) is 19.6. The number of aryl methyl sites for hydroxylation is 1. The molecule has 2 rings (SSSR count). The average Bonchev–Trinajstić information content (AvgIpc) is 3.01. The molecule has 1 heterocycles. The molecule has 0 aliphatic carbocycles. The lowest BCUT2D eigenvalue weighted by atomic mass is 10.2. The molecule has 0 aliphatic rings. The van der Waals surface area contributed by atoms with Crippen molar-refractivity contribution in [2.75, 3.05) is 39.8 Å². The molecule has 9 heteroatoms. The van der Waals surface area contributed by atoms with Gasteiger partial charge in [-0.15, -0.1) is 10.2 Å². The van der Waals surface area contributed by atoms with Gasteiger partial charge < -0.3 is 29.4 Å². The molecule has 9 nitrogen and oxygen atoms in total. The lowest BCUT2D eigenvalue weighted by Crippen LogP contribution is -2.32. The zero-order valence-corrected chi connectivity index (χ0v) is 16.6. The van der Waals surface area contributed by atoms with Gasteiger partial charge in [-0.1, -0.05) is 0 Å². The molecule has 2 N–H and O–H groups in total. The van der Waals surface area contributed by atoms with E-state index in [1.54, 1.807) is 21.3 Å². The second-order valence-corrected chi connectivity index (χ2v) is 5.86. The van der Waals surface area contributed by atoms with E-state index in [0.717, 1.165) is 30.3 Å². The minimum Gasteiger partial charge on any atom is -0.493 e. The van der Waals surface area contributed by atoms with Gasteiger partial charge >= 0.3 is 0 Å². The van der Waals surface area contributed by atoms with Crippen LogP contribution in [0.5, 0.6) is 11.5 Å². The van der Waals surface area contributed by atoms with E-state index < -0.39 is 0 Å². The van der Waals surface area contributed by atoms with Crippen molar-refractivity contribution in [1.82, 2.24) is 20.1 Å². The smallest absolute Gasteiger partial charge is 0.196 e. The quantitative estimate of drug-likeness (QED) is 0.391. The van der Waals surface area contributed by atoms with Crippen molar-refractivity contribution in [2.24, 2.45) is 12.0 Å². The van der Waals surface area contributed by atoms with Crippen molar-refractivity contribution in [3.05, 3.63) is 29.8 Å². The van der Waals surface area contributed by atoms with Crippen LogP contribution < -0.4 is 20.1 Å². The van der Waals surface area contributed by atoms with Crippen LogP contribution in [0.3, 0.4) is 0 Å². The molecule has 0 aliphatic heterocycles. The van der Waals surface area contributed by atoms with E-state index in [4.69, 9.17) is 14.2 Å². The monoisotopic (exact) mass is 376 g/mol. The van der Waals surface area contributed by atoms with Gasteiger partial charge in [0.2, 0.25) is 0 Å². The first-order valence-corrected chi connectivity index (χ1v) is 8.70. The molecule has 0 fully saturated rings. The Bertz CT molecular complexity index is 760. The first-order valence-electron chi connectivity index (χ1n) is 8.70. The summed E-state index contributed by atoms with van der Waals surface area (Å²) >= 11 is 0. The first-order chi connectivity index (χ1) is 13.1. The fraction of sp³-hybridized carbons (Fsp3) is 0.500. The van der Waals surface area contributed by atoms with Crippen molar-refractivity contribution in [1.29, 1.82) is 0 Å². The van der Waals surface area contributed by atoms with Crippen LogP contribution in [0.1, 0.15) is 18.1 Å². The topological polar surface area (TPSA) is 94.8 Å². The van der Waals surface area contributed by atoms with Gasteiger partial charge in [-0.05, 0) is 25.5 Å². The van der Waals surface area contributed by atoms with Crippen LogP contribution in [0.25, 0.3) is 0 Å². The van der Waals surface area contributed by atoms with Gasteiger partial charge in [0.15, 0.2) is 23.3 Å². The second-order valence-electron chi connectivity index (χ2n) is 5.86. The van der Waals surface area contributed by atoms with Gasteiger partial charge in [0, 0.05) is 39.1 Å². The molecule has 0 spiro atoms. The molecule has 0 atom stereocenters. The van der Waals surface area contributed by atoms with Gasteiger partial charge in [-0.2, -0.15) is 0 Å². The molecular formula is C18H28N6O3. The summed E-state index contributed by atoms with van der Waals surface area (Å²) in [6.45, 7) is 3.72. The van der Waals surface area contributed by atoms with Crippen LogP contribution in [0, 0.1) is 6.92 Å². The molecule has 0 saturated heterocycles. The fourth-order valence-electron chi connectivity index (χ4n) is 2.35. The lowest BCUT2D eigenvalue weighted by Gasteiger charge is -2.14. The molecule has 1 aromatic carbocycles. The summed E-state index contributed by atoms with van der Waals surface area (Å²) in [6.07, 6.45) is 0.867. The lowest BCUT2D eigenvalue weighted by molar-refractivity contribution is 0.195. The van der Waals surface area contributed by atoms with E-state index in [-0.39, 0.29) is 0 Å². The van der Waals surface area contributed by atoms with Gasteiger partial charge in [-0.25, -0.2) is 4.99 Å². The summed E-state index contributed by atoms with van der Waals surface area (Å²) in [5, 5.41) is 14.8. The average molecular weight is 376 g/mol. The largest absolute Gasteiger partial charge is 0.493 e. The van der Waals surface area contributed by atoms with Crippen LogP contribution in [-0.2, 0) is 18.3 Å². The van der Waals surface area contributed by atoms with Gasteiger partial charge in [0.05, 0.1) is 14.2 Å². The number of rotatable bonds is 9. The maximum Gasteiger partial charge on any atom is 0.196 e. The summed E-state index contributed by atoms with van der Waals surface area (Å²) < 4.78 is 17.6. The van der Waals surface area contributed by atoms with Crippen LogP contribution in [0.4, 0.5) is 5.69 Å². The number of hydrogen-bond acceptors (Lipinski definition) is 6. The van der Waals surface area contributed by atoms with E-state index >= 15 is 0 Å². The fourth-order valence-corrected chi connectivity index (χ4v) is 2.35. The summed E-state index contributed by atoms with van der Waals surface area (Å²) in [5.74, 6) is 3.59. The highest BCUT2D eigenvalue weighted by Crippen LogP contribution is 2.29. The van der Waals surface area contributed by atoms with E-state index in [1.165, 1.54) is 0 Å². The molecule has 0 amide bonds. The standard InChI is InChI=1S/C18H28N6O3/c1-13-22-23-17(24(13)2)12-20-18(19-9-6-10-25-3)21-14-7-8-15(26-4)16(11-14)27-5/h7-8,11H,6,9-10,12H2,1-5H3,(H2,19,20,21). The SMILES string of the molecule is COCCCNC(=NCc1nnc(C)n1C)Nc1ccc(OC)c(OC)c1. The molecule has 2 aromatic rings. The number of nitrogens with one attached hydrogen (secondary N) is 2. The second kappa shape index (κ2) is 10.4. The maximum absolute atomic E-state index is 5.36. The van der Waals surface area contributed by atoms with E-state index in [2.05, 4.69) is 25.8 Å². The Labute approximate surface area is 159 Å². The maximum atomic E-state index is 5.36. The van der Waals surface area contributed by atoms with Crippen LogP contribution in [-0.4, -0.2) is 55.2 Å². The van der Waals surface area contributed by atoms with Crippen molar-refractivity contribution < 1.29 is 14.2 Å². The van der Waals surface area contributed by atoms with Crippen LogP contribution in [0.15, 0.2) is 23.2 Å². The Morgan fingerprint density at radius 3 is 2.56 bits per heavy atom. The van der Waals surface area contributed by atoms with Crippen LogP contribution >= 0.6 is 0 Å². The zero-order valence-electron chi connectivity index (χ0n) is 16.6. The number of methoxy groups -OCH3 is 3. The summed E-state index contributed by atoms with van der Waals surface area (Å²) in [5.41, 5.74) is 0.833. The van der Waals surface area contributed by atoms with Gasteiger partial charge in [0.1, 0.15) is 12.4 Å². The normalized spacial score (nSPS) is 11.4. The molecule has 0 radical (unpaired) electrons. The molecule has 1 aromatic heterocycles. The van der Waals surface area contributed by atoms with Crippen molar-refractivity contribution in [3.8, 4) is 11.5 Å². The minimum atomic E-state index is 0.407. The van der Waals surface area contributed by atoms with Crippen LogP contribution in [0.2, 0.25) is 0 Å². The van der Waals surface area contributed by atoms with Crippen molar-refractivity contribution in [3.63, 3.8) is 0 Å². The Morgan fingerprint density at radius 2 is 1.93 bits per heavy atom. The summed E-state index contributed by atoms with van der Waals surface area (Å²) in [4.78, 5) is 4.62.